The van der Waals surface area contributed by atoms with Crippen LogP contribution in [0.15, 0.2) is 59.5 Å². The van der Waals surface area contributed by atoms with E-state index < -0.39 is 28.5 Å². The summed E-state index contributed by atoms with van der Waals surface area (Å²) in [6.07, 6.45) is 2.83. The zero-order valence-electron chi connectivity index (χ0n) is 15.9. The van der Waals surface area contributed by atoms with Gasteiger partial charge in [-0.15, -0.1) is 0 Å². The van der Waals surface area contributed by atoms with Gasteiger partial charge >= 0.3 is 5.97 Å². The van der Waals surface area contributed by atoms with Gasteiger partial charge in [-0.2, -0.15) is 0 Å². The number of rotatable bonds is 7. The van der Waals surface area contributed by atoms with Crippen molar-refractivity contribution in [2.45, 2.75) is 11.8 Å². The molecule has 0 atom stereocenters. The maximum atomic E-state index is 12.1. The molecule has 1 amide bonds. The summed E-state index contributed by atoms with van der Waals surface area (Å²) in [7, 11) is -0.768. The quantitative estimate of drug-likeness (QED) is 0.567. The summed E-state index contributed by atoms with van der Waals surface area (Å²) in [5.41, 5.74) is 2.24. The van der Waals surface area contributed by atoms with E-state index in [0.717, 1.165) is 15.4 Å². The maximum Gasteiger partial charge on any atom is 0.331 e. The molecule has 28 heavy (non-hydrogen) atoms. The third-order valence-electron chi connectivity index (χ3n) is 3.73. The van der Waals surface area contributed by atoms with Gasteiger partial charge in [0.1, 0.15) is 0 Å². The Morgan fingerprint density at radius 1 is 1.11 bits per heavy atom. The van der Waals surface area contributed by atoms with Crippen LogP contribution in [0, 0.1) is 6.92 Å². The van der Waals surface area contributed by atoms with Crippen molar-refractivity contribution in [3.8, 4) is 0 Å². The Kier molecular flexibility index (Phi) is 7.08. The van der Waals surface area contributed by atoms with Crippen LogP contribution in [0.5, 0.6) is 0 Å². The summed E-state index contributed by atoms with van der Waals surface area (Å²) in [6.45, 7) is 1.48. The molecule has 2 aromatic carbocycles. The van der Waals surface area contributed by atoms with E-state index in [0.29, 0.717) is 5.69 Å². The molecule has 0 unspecified atom stereocenters. The lowest BCUT2D eigenvalue weighted by Crippen LogP contribution is -2.23. The monoisotopic (exact) mass is 402 g/mol. The number of hydrogen-bond acceptors (Lipinski definition) is 5. The van der Waals surface area contributed by atoms with E-state index in [1.165, 1.54) is 38.4 Å². The molecule has 0 heterocycles. The maximum absolute atomic E-state index is 12.1. The summed E-state index contributed by atoms with van der Waals surface area (Å²) < 4.78 is 30.2. The average molecular weight is 402 g/mol. The SMILES string of the molecule is Cc1ccc(C=CC(=O)OCC(=O)Nc2cccc(S(=O)(=O)N(C)C)c2)cc1. The number of nitrogens with zero attached hydrogens (tertiary/aromatic N) is 1. The highest BCUT2D eigenvalue weighted by Gasteiger charge is 2.17. The highest BCUT2D eigenvalue weighted by atomic mass is 32.2. The Labute approximate surface area is 164 Å². The van der Waals surface area contributed by atoms with Crippen molar-refractivity contribution in [1.29, 1.82) is 0 Å². The molecule has 0 aliphatic rings. The number of ether oxygens (including phenoxy) is 1. The molecule has 0 spiro atoms. The van der Waals surface area contributed by atoms with Crippen LogP contribution >= 0.6 is 0 Å². The number of carbonyl (C=O) groups excluding carboxylic acids is 2. The smallest absolute Gasteiger partial charge is 0.331 e. The Morgan fingerprint density at radius 2 is 1.79 bits per heavy atom. The summed E-state index contributed by atoms with van der Waals surface area (Å²) >= 11 is 0. The minimum absolute atomic E-state index is 0.0494. The molecule has 148 valence electrons. The molecule has 8 heteroatoms. The predicted molar refractivity (Wildman–Crippen MR) is 107 cm³/mol. The molecule has 0 saturated carbocycles. The van der Waals surface area contributed by atoms with E-state index in [1.807, 2.05) is 31.2 Å². The third-order valence-corrected chi connectivity index (χ3v) is 5.54. The number of amides is 1. The largest absolute Gasteiger partial charge is 0.452 e. The van der Waals surface area contributed by atoms with Crippen LogP contribution in [0.1, 0.15) is 11.1 Å². The van der Waals surface area contributed by atoms with E-state index in [2.05, 4.69) is 5.32 Å². The van der Waals surface area contributed by atoms with E-state index in [-0.39, 0.29) is 4.90 Å². The molecule has 2 rings (SSSR count). The molecule has 0 aliphatic carbocycles. The topological polar surface area (TPSA) is 92.8 Å². The average Bonchev–Trinajstić information content (AvgIpc) is 2.66. The molecule has 2 aromatic rings. The molecule has 0 saturated heterocycles. The lowest BCUT2D eigenvalue weighted by atomic mass is 10.1. The number of sulfonamides is 1. The zero-order valence-corrected chi connectivity index (χ0v) is 16.7. The highest BCUT2D eigenvalue weighted by molar-refractivity contribution is 7.89. The van der Waals surface area contributed by atoms with Gasteiger partial charge in [0.05, 0.1) is 4.90 Å². The summed E-state index contributed by atoms with van der Waals surface area (Å²) in [5.74, 6) is -1.23. The number of nitrogens with one attached hydrogen (secondary N) is 1. The van der Waals surface area contributed by atoms with Gasteiger partial charge in [0.2, 0.25) is 10.0 Å². The number of anilines is 1. The first-order chi connectivity index (χ1) is 13.2. The normalized spacial score (nSPS) is 11.6. The molecule has 0 aliphatic heterocycles. The van der Waals surface area contributed by atoms with E-state index in [9.17, 15) is 18.0 Å². The fourth-order valence-electron chi connectivity index (χ4n) is 2.17. The van der Waals surface area contributed by atoms with Gasteiger partial charge in [-0.05, 0) is 36.8 Å². The molecule has 0 bridgehead atoms. The molecule has 0 radical (unpaired) electrons. The first-order valence-corrected chi connectivity index (χ1v) is 9.86. The van der Waals surface area contributed by atoms with Gasteiger partial charge < -0.3 is 10.1 Å². The van der Waals surface area contributed by atoms with Crippen LogP contribution in [0.2, 0.25) is 0 Å². The van der Waals surface area contributed by atoms with Gasteiger partial charge in [-0.3, -0.25) is 4.79 Å². The fraction of sp³-hybridized carbons (Fsp3) is 0.200. The van der Waals surface area contributed by atoms with Crippen molar-refractivity contribution >= 4 is 33.7 Å². The highest BCUT2D eigenvalue weighted by Crippen LogP contribution is 2.17. The second-order valence-electron chi connectivity index (χ2n) is 6.22. The van der Waals surface area contributed by atoms with Crippen LogP contribution in [-0.2, 0) is 24.3 Å². The standard InChI is InChI=1S/C20H22N2O5S/c1-15-7-9-16(10-8-15)11-12-20(24)27-14-19(23)21-17-5-4-6-18(13-17)28(25,26)22(2)3/h4-13H,14H2,1-3H3,(H,21,23). The number of hydrogen-bond donors (Lipinski definition) is 1. The van der Waals surface area contributed by atoms with Crippen molar-refractivity contribution in [3.63, 3.8) is 0 Å². The molecule has 1 N–H and O–H groups in total. The first kappa shape index (κ1) is 21.3. The van der Waals surface area contributed by atoms with Gasteiger partial charge in [0.15, 0.2) is 6.61 Å². The van der Waals surface area contributed by atoms with E-state index in [4.69, 9.17) is 4.74 Å². The summed E-state index contributed by atoms with van der Waals surface area (Å²) in [6, 6.07) is 13.4. The van der Waals surface area contributed by atoms with Gasteiger partial charge in [-0.25, -0.2) is 17.5 Å². The van der Waals surface area contributed by atoms with E-state index in [1.54, 1.807) is 12.1 Å². The van der Waals surface area contributed by atoms with Crippen molar-refractivity contribution in [2.75, 3.05) is 26.0 Å². The zero-order chi connectivity index (χ0) is 20.7. The number of carbonyl (C=O) groups is 2. The molecular formula is C20H22N2O5S. The Balaban J connectivity index is 1.90. The second kappa shape index (κ2) is 9.29. The number of esters is 1. The Hall–Kier alpha value is -2.97. The van der Waals surface area contributed by atoms with Crippen LogP contribution < -0.4 is 5.32 Å². The lowest BCUT2D eigenvalue weighted by molar-refractivity contribution is -0.142. The summed E-state index contributed by atoms with van der Waals surface area (Å²) in [4.78, 5) is 23.7. The van der Waals surface area contributed by atoms with Crippen molar-refractivity contribution in [2.24, 2.45) is 0 Å². The van der Waals surface area contributed by atoms with Crippen LogP contribution in [-0.4, -0.2) is 45.3 Å². The van der Waals surface area contributed by atoms with Gasteiger partial charge in [-0.1, -0.05) is 35.9 Å². The van der Waals surface area contributed by atoms with Crippen molar-refractivity contribution in [1.82, 2.24) is 4.31 Å². The van der Waals surface area contributed by atoms with Gasteiger partial charge in [0, 0.05) is 25.9 Å². The molecular weight excluding hydrogens is 380 g/mol. The molecule has 7 nitrogen and oxygen atoms in total. The Bertz CT molecular complexity index is 980. The molecule has 0 fully saturated rings. The van der Waals surface area contributed by atoms with Crippen molar-refractivity contribution < 1.29 is 22.7 Å². The Morgan fingerprint density at radius 3 is 2.43 bits per heavy atom. The first-order valence-electron chi connectivity index (χ1n) is 8.42. The van der Waals surface area contributed by atoms with Gasteiger partial charge in [0.25, 0.3) is 5.91 Å². The second-order valence-corrected chi connectivity index (χ2v) is 8.37. The summed E-state index contributed by atoms with van der Waals surface area (Å²) in [5, 5.41) is 2.51. The predicted octanol–water partition coefficient (Wildman–Crippen LogP) is 2.44. The molecule has 0 aromatic heterocycles. The number of aryl methyl sites for hydroxylation is 1. The third kappa shape index (κ3) is 6.04. The lowest BCUT2D eigenvalue weighted by Gasteiger charge is -2.12. The minimum Gasteiger partial charge on any atom is -0.452 e. The van der Waals surface area contributed by atoms with E-state index >= 15 is 0 Å². The van der Waals surface area contributed by atoms with Crippen molar-refractivity contribution in [3.05, 3.63) is 65.7 Å². The fourth-order valence-corrected chi connectivity index (χ4v) is 3.12. The van der Waals surface area contributed by atoms with Crippen LogP contribution in [0.4, 0.5) is 5.69 Å². The number of benzene rings is 2. The minimum atomic E-state index is -3.61. The van der Waals surface area contributed by atoms with Crippen LogP contribution in [0.25, 0.3) is 6.08 Å². The van der Waals surface area contributed by atoms with Crippen LogP contribution in [0.3, 0.4) is 0 Å².